The number of nitrogens with one attached hydrogen (secondary N) is 1. The van der Waals surface area contributed by atoms with Crippen LogP contribution in [0.3, 0.4) is 0 Å². The Bertz CT molecular complexity index is 490. The van der Waals surface area contributed by atoms with Crippen LogP contribution in [0.1, 0.15) is 0 Å². The molecule has 1 aromatic carbocycles. The lowest BCUT2D eigenvalue weighted by Gasteiger charge is -2.04. The summed E-state index contributed by atoms with van der Waals surface area (Å²) in [6.45, 7) is 0. The highest BCUT2D eigenvalue weighted by Gasteiger charge is 2.03. The van der Waals surface area contributed by atoms with E-state index in [1.54, 1.807) is 6.07 Å². The van der Waals surface area contributed by atoms with E-state index in [0.29, 0.717) is 5.82 Å². The Labute approximate surface area is 103 Å². The molecule has 0 amide bonds. The Morgan fingerprint density at radius 2 is 1.94 bits per heavy atom. The van der Waals surface area contributed by atoms with Gasteiger partial charge < -0.3 is 5.43 Å². The summed E-state index contributed by atoms with van der Waals surface area (Å²) >= 11 is 7.56. The van der Waals surface area contributed by atoms with Crippen molar-refractivity contribution < 1.29 is 0 Å². The number of hydrazine groups is 1. The molecule has 1 heterocycles. The van der Waals surface area contributed by atoms with Crippen LogP contribution in [0.5, 0.6) is 0 Å². The molecule has 3 nitrogen and oxygen atoms in total. The first-order chi connectivity index (χ1) is 7.79. The zero-order valence-electron chi connectivity index (χ0n) is 8.35. The summed E-state index contributed by atoms with van der Waals surface area (Å²) in [5.41, 5.74) is 2.51. The highest BCUT2D eigenvalue weighted by molar-refractivity contribution is 7.99. The highest BCUT2D eigenvalue weighted by Crippen LogP contribution is 2.32. The normalized spacial score (nSPS) is 10.1. The molecule has 2 aromatic rings. The molecule has 16 heavy (non-hydrogen) atoms. The molecule has 82 valence electrons. The van der Waals surface area contributed by atoms with Crippen LogP contribution >= 0.6 is 23.4 Å². The second-order valence-corrected chi connectivity index (χ2v) is 4.51. The van der Waals surface area contributed by atoms with E-state index in [1.165, 1.54) is 11.8 Å². The van der Waals surface area contributed by atoms with Crippen molar-refractivity contribution in [2.24, 2.45) is 5.84 Å². The van der Waals surface area contributed by atoms with Crippen LogP contribution in [0.25, 0.3) is 0 Å². The number of hydrogen-bond acceptors (Lipinski definition) is 4. The Hall–Kier alpha value is -1.23. The van der Waals surface area contributed by atoms with Gasteiger partial charge in [-0.2, -0.15) is 0 Å². The summed E-state index contributed by atoms with van der Waals surface area (Å²) in [5.74, 6) is 5.93. The van der Waals surface area contributed by atoms with Crippen molar-refractivity contribution >= 4 is 29.2 Å². The van der Waals surface area contributed by atoms with Crippen molar-refractivity contribution in [3.05, 3.63) is 47.5 Å². The summed E-state index contributed by atoms with van der Waals surface area (Å²) in [6, 6.07) is 13.3. The van der Waals surface area contributed by atoms with E-state index in [0.717, 1.165) is 14.9 Å². The van der Waals surface area contributed by atoms with Crippen molar-refractivity contribution in [1.29, 1.82) is 0 Å². The second-order valence-electron chi connectivity index (χ2n) is 3.04. The monoisotopic (exact) mass is 251 g/mol. The van der Waals surface area contributed by atoms with E-state index >= 15 is 0 Å². The van der Waals surface area contributed by atoms with Crippen molar-refractivity contribution in [3.63, 3.8) is 0 Å². The predicted molar refractivity (Wildman–Crippen MR) is 67.6 cm³/mol. The van der Waals surface area contributed by atoms with Crippen molar-refractivity contribution in [2.75, 3.05) is 5.43 Å². The van der Waals surface area contributed by atoms with E-state index in [1.807, 2.05) is 36.4 Å². The summed E-state index contributed by atoms with van der Waals surface area (Å²) in [7, 11) is 0. The molecule has 0 saturated heterocycles. The molecule has 0 aliphatic heterocycles. The van der Waals surface area contributed by atoms with Crippen molar-refractivity contribution in [1.82, 2.24) is 4.98 Å². The zero-order valence-corrected chi connectivity index (χ0v) is 9.92. The van der Waals surface area contributed by atoms with Gasteiger partial charge in [-0.3, -0.25) is 0 Å². The quantitative estimate of drug-likeness (QED) is 0.650. The minimum absolute atomic E-state index is 0.636. The maximum Gasteiger partial charge on any atom is 0.141 e. The van der Waals surface area contributed by atoms with Gasteiger partial charge in [-0.1, -0.05) is 41.6 Å². The standard InChI is InChI=1S/C11H10ClN3S/c12-8-4-1-2-5-9(8)16-11-7-3-6-10(14-11)15-13/h1-7H,13H2,(H,14,15). The van der Waals surface area contributed by atoms with Gasteiger partial charge in [-0.25, -0.2) is 10.8 Å². The molecule has 0 fully saturated rings. The number of pyridine rings is 1. The van der Waals surface area contributed by atoms with Gasteiger partial charge in [0.25, 0.3) is 0 Å². The van der Waals surface area contributed by atoms with Crippen LogP contribution in [-0.2, 0) is 0 Å². The molecule has 0 radical (unpaired) electrons. The molecule has 0 spiro atoms. The molecule has 5 heteroatoms. The lowest BCUT2D eigenvalue weighted by Crippen LogP contribution is -2.08. The molecule has 2 rings (SSSR count). The van der Waals surface area contributed by atoms with Gasteiger partial charge >= 0.3 is 0 Å². The van der Waals surface area contributed by atoms with Gasteiger partial charge in [0, 0.05) is 4.90 Å². The maximum atomic E-state index is 6.06. The summed E-state index contributed by atoms with van der Waals surface area (Å²) in [4.78, 5) is 5.27. The number of nitrogen functional groups attached to an aromatic ring is 1. The average molecular weight is 252 g/mol. The second kappa shape index (κ2) is 5.21. The van der Waals surface area contributed by atoms with E-state index in [9.17, 15) is 0 Å². The SMILES string of the molecule is NNc1cccc(Sc2ccccc2Cl)n1. The molecule has 0 aliphatic rings. The first-order valence-electron chi connectivity index (χ1n) is 4.65. The Morgan fingerprint density at radius 3 is 2.69 bits per heavy atom. The number of nitrogens with zero attached hydrogens (tertiary/aromatic N) is 1. The molecule has 0 saturated carbocycles. The predicted octanol–water partition coefficient (Wildman–Crippen LogP) is 3.17. The van der Waals surface area contributed by atoms with Gasteiger partial charge in [0.2, 0.25) is 0 Å². The molecule has 0 atom stereocenters. The van der Waals surface area contributed by atoms with Crippen LogP contribution in [-0.4, -0.2) is 4.98 Å². The third kappa shape index (κ3) is 2.66. The number of hydrogen-bond donors (Lipinski definition) is 2. The van der Waals surface area contributed by atoms with Crippen LogP contribution in [0.4, 0.5) is 5.82 Å². The van der Waals surface area contributed by atoms with Crippen molar-refractivity contribution in [3.8, 4) is 0 Å². The van der Waals surface area contributed by atoms with E-state index in [4.69, 9.17) is 17.4 Å². The fourth-order valence-electron chi connectivity index (χ4n) is 1.19. The number of anilines is 1. The molecule has 0 aliphatic carbocycles. The average Bonchev–Trinajstić information content (AvgIpc) is 2.32. The van der Waals surface area contributed by atoms with Gasteiger partial charge in [-0.15, -0.1) is 0 Å². The third-order valence-corrected chi connectivity index (χ3v) is 3.38. The van der Waals surface area contributed by atoms with Crippen LogP contribution < -0.4 is 11.3 Å². The molecule has 0 bridgehead atoms. The van der Waals surface area contributed by atoms with E-state index in [2.05, 4.69) is 10.4 Å². The van der Waals surface area contributed by atoms with E-state index < -0.39 is 0 Å². The lowest BCUT2D eigenvalue weighted by molar-refractivity contribution is 1.11. The number of halogens is 1. The Balaban J connectivity index is 2.24. The third-order valence-electron chi connectivity index (χ3n) is 1.92. The molecular weight excluding hydrogens is 242 g/mol. The van der Waals surface area contributed by atoms with Gasteiger partial charge in [0.05, 0.1) is 5.02 Å². The van der Waals surface area contributed by atoms with Crippen LogP contribution in [0.2, 0.25) is 5.02 Å². The minimum atomic E-state index is 0.636. The summed E-state index contributed by atoms with van der Waals surface area (Å²) in [6.07, 6.45) is 0. The van der Waals surface area contributed by atoms with Gasteiger partial charge in [0.15, 0.2) is 0 Å². The molecule has 0 unspecified atom stereocenters. The largest absolute Gasteiger partial charge is 0.308 e. The Kier molecular flexibility index (Phi) is 3.66. The van der Waals surface area contributed by atoms with Gasteiger partial charge in [0.1, 0.15) is 10.8 Å². The maximum absolute atomic E-state index is 6.06. The fourth-order valence-corrected chi connectivity index (χ4v) is 2.27. The molecule has 1 aromatic heterocycles. The number of nitrogens with two attached hydrogens (primary N) is 1. The van der Waals surface area contributed by atoms with E-state index in [-0.39, 0.29) is 0 Å². The zero-order chi connectivity index (χ0) is 11.4. The lowest BCUT2D eigenvalue weighted by atomic mass is 10.4. The van der Waals surface area contributed by atoms with Crippen LogP contribution in [0, 0.1) is 0 Å². The smallest absolute Gasteiger partial charge is 0.141 e. The number of aromatic nitrogens is 1. The van der Waals surface area contributed by atoms with Crippen molar-refractivity contribution in [2.45, 2.75) is 9.92 Å². The number of benzene rings is 1. The topological polar surface area (TPSA) is 50.9 Å². The first-order valence-corrected chi connectivity index (χ1v) is 5.85. The summed E-state index contributed by atoms with van der Waals surface area (Å²) in [5, 5.41) is 1.57. The molecule has 3 N–H and O–H groups in total. The van der Waals surface area contributed by atoms with Gasteiger partial charge in [-0.05, 0) is 24.3 Å². The van der Waals surface area contributed by atoms with Crippen LogP contribution in [0.15, 0.2) is 52.4 Å². The Morgan fingerprint density at radius 1 is 1.12 bits per heavy atom. The first kappa shape index (κ1) is 11.3. The summed E-state index contributed by atoms with van der Waals surface area (Å²) < 4.78 is 0. The fraction of sp³-hybridized carbons (Fsp3) is 0. The number of rotatable bonds is 3. The minimum Gasteiger partial charge on any atom is -0.308 e. The molecular formula is C11H10ClN3S. The highest BCUT2D eigenvalue weighted by atomic mass is 35.5.